The van der Waals surface area contributed by atoms with E-state index in [0.29, 0.717) is 10.7 Å². The molecule has 23 heavy (non-hydrogen) atoms. The Hall–Kier alpha value is -0.320. The third-order valence-electron chi connectivity index (χ3n) is 5.44. The fourth-order valence-corrected chi connectivity index (χ4v) is 6.75. The van der Waals surface area contributed by atoms with E-state index in [-0.39, 0.29) is 0 Å². The maximum Gasteiger partial charge on any atom is 0.142 e. The summed E-state index contributed by atoms with van der Waals surface area (Å²) in [4.78, 5) is 4.16. The second-order valence-corrected chi connectivity index (χ2v) is 9.38. The minimum Gasteiger partial charge on any atom is -0.345 e. The van der Waals surface area contributed by atoms with Gasteiger partial charge in [0.05, 0.1) is 5.69 Å². The van der Waals surface area contributed by atoms with Crippen molar-refractivity contribution in [2.24, 2.45) is 0 Å². The Morgan fingerprint density at radius 2 is 1.61 bits per heavy atom. The summed E-state index contributed by atoms with van der Waals surface area (Å²) in [6.45, 7) is 0. The van der Waals surface area contributed by atoms with Crippen LogP contribution in [0.1, 0.15) is 64.2 Å². The average Bonchev–Trinajstić information content (AvgIpc) is 3.00. The van der Waals surface area contributed by atoms with Crippen molar-refractivity contribution in [2.75, 3.05) is 4.90 Å². The molecule has 1 aromatic rings. The van der Waals surface area contributed by atoms with E-state index < -0.39 is 0 Å². The second kappa shape index (κ2) is 7.71. The summed E-state index contributed by atoms with van der Waals surface area (Å²) in [6, 6.07) is 10.3. The van der Waals surface area contributed by atoms with E-state index in [1.54, 1.807) is 0 Å². The number of hydrogen-bond acceptors (Lipinski definition) is 3. The molecule has 1 atom stereocenters. The van der Waals surface area contributed by atoms with Gasteiger partial charge in [0.25, 0.3) is 0 Å². The summed E-state index contributed by atoms with van der Waals surface area (Å²) in [5.41, 5.74) is 1.46. The van der Waals surface area contributed by atoms with Crippen molar-refractivity contribution in [1.82, 2.24) is 4.72 Å². The molecular formula is C19H27N2S2. The molecule has 0 bridgehead atoms. The van der Waals surface area contributed by atoms with E-state index in [0.717, 1.165) is 6.04 Å². The average molecular weight is 348 g/mol. The standard InChI is InChI=1S/C19H27N2S2/c1-3-9-15(10-4-1)20-23-19-21(16-11-5-2-6-12-16)17-13-7-8-14-18(17)22-19/h7-8,13-16,19H,1-6,9-12H2. The zero-order chi connectivity index (χ0) is 15.5. The lowest BCUT2D eigenvalue weighted by Crippen LogP contribution is -2.40. The molecule has 0 amide bonds. The van der Waals surface area contributed by atoms with Gasteiger partial charge < -0.3 is 4.90 Å². The van der Waals surface area contributed by atoms with Crippen molar-refractivity contribution in [3.8, 4) is 0 Å². The number of fused-ring (bicyclic) bond motifs is 1. The third kappa shape index (κ3) is 3.69. The zero-order valence-corrected chi connectivity index (χ0v) is 15.5. The maximum atomic E-state index is 5.05. The molecule has 0 spiro atoms. The van der Waals surface area contributed by atoms with E-state index in [4.69, 9.17) is 4.72 Å². The van der Waals surface area contributed by atoms with Crippen LogP contribution in [0.15, 0.2) is 29.2 Å². The fraction of sp³-hybridized carbons (Fsp3) is 0.684. The van der Waals surface area contributed by atoms with Crippen molar-refractivity contribution >= 4 is 29.4 Å². The van der Waals surface area contributed by atoms with Crippen LogP contribution < -0.4 is 9.62 Å². The Kier molecular flexibility index (Phi) is 5.42. The quantitative estimate of drug-likeness (QED) is 0.641. The van der Waals surface area contributed by atoms with Gasteiger partial charge in [-0.2, -0.15) is 4.72 Å². The van der Waals surface area contributed by atoms with E-state index in [9.17, 15) is 0 Å². The number of thioether (sulfide) groups is 1. The molecule has 2 fully saturated rings. The van der Waals surface area contributed by atoms with Crippen LogP contribution in [-0.2, 0) is 0 Å². The largest absolute Gasteiger partial charge is 0.345 e. The molecule has 1 unspecified atom stereocenters. The van der Waals surface area contributed by atoms with E-state index in [1.165, 1.54) is 74.8 Å². The van der Waals surface area contributed by atoms with Gasteiger partial charge in [0.15, 0.2) is 0 Å². The van der Waals surface area contributed by atoms with Gasteiger partial charge in [-0.25, -0.2) is 0 Å². The lowest BCUT2D eigenvalue weighted by molar-refractivity contribution is 0.415. The summed E-state index contributed by atoms with van der Waals surface area (Å²) in [5.74, 6) is 0. The Balaban J connectivity index is 1.46. The van der Waals surface area contributed by atoms with Crippen LogP contribution in [0.4, 0.5) is 5.69 Å². The smallest absolute Gasteiger partial charge is 0.142 e. The van der Waals surface area contributed by atoms with Crippen LogP contribution in [0.5, 0.6) is 0 Å². The molecule has 2 nitrogen and oxygen atoms in total. The van der Waals surface area contributed by atoms with Gasteiger partial charge in [-0.15, -0.1) is 0 Å². The second-order valence-electron chi connectivity index (χ2n) is 7.09. The fourth-order valence-electron chi connectivity index (χ4n) is 4.17. The molecule has 4 rings (SSSR count). The van der Waals surface area contributed by atoms with Crippen LogP contribution in [-0.4, -0.2) is 16.8 Å². The van der Waals surface area contributed by atoms with Crippen LogP contribution in [0, 0.1) is 0 Å². The van der Waals surface area contributed by atoms with Crippen molar-refractivity contribution in [3.05, 3.63) is 24.3 Å². The normalized spacial score (nSPS) is 26.4. The Labute approximate surface area is 149 Å². The minimum atomic E-state index is 0.456. The Morgan fingerprint density at radius 3 is 2.39 bits per heavy atom. The molecule has 0 aromatic heterocycles. The molecule has 1 radical (unpaired) electrons. The Morgan fingerprint density at radius 1 is 0.913 bits per heavy atom. The SMILES string of the molecule is c1ccc2c(c1)SC(S[N]C1CCCCC1)N2C1CCCCC1. The summed E-state index contributed by atoms with van der Waals surface area (Å²) in [7, 11) is 0. The first-order valence-corrected chi connectivity index (χ1v) is 11.0. The highest BCUT2D eigenvalue weighted by atomic mass is 32.2. The van der Waals surface area contributed by atoms with Crippen molar-refractivity contribution in [1.29, 1.82) is 0 Å². The van der Waals surface area contributed by atoms with E-state index in [1.807, 2.05) is 23.7 Å². The molecule has 2 saturated carbocycles. The molecule has 125 valence electrons. The van der Waals surface area contributed by atoms with Crippen LogP contribution in [0.3, 0.4) is 0 Å². The lowest BCUT2D eigenvalue weighted by atomic mass is 9.94. The van der Waals surface area contributed by atoms with Crippen LogP contribution in [0.2, 0.25) is 0 Å². The summed E-state index contributed by atoms with van der Waals surface area (Å²) >= 11 is 3.88. The monoisotopic (exact) mass is 347 g/mol. The highest BCUT2D eigenvalue weighted by Gasteiger charge is 2.36. The van der Waals surface area contributed by atoms with Gasteiger partial charge in [-0.1, -0.05) is 62.4 Å². The number of anilines is 1. The topological polar surface area (TPSA) is 17.3 Å². The van der Waals surface area contributed by atoms with Crippen LogP contribution in [0.25, 0.3) is 0 Å². The molecule has 4 heteroatoms. The summed E-state index contributed by atoms with van der Waals surface area (Å²) in [6.07, 6.45) is 13.7. The predicted octanol–water partition coefficient (Wildman–Crippen LogP) is 5.80. The summed E-state index contributed by atoms with van der Waals surface area (Å²) < 4.78 is 5.50. The molecule has 2 aliphatic carbocycles. The number of benzene rings is 1. The molecule has 3 aliphatic rings. The molecule has 1 aromatic carbocycles. The maximum absolute atomic E-state index is 5.05. The van der Waals surface area contributed by atoms with Gasteiger partial charge in [0.1, 0.15) is 4.71 Å². The molecule has 0 saturated heterocycles. The highest BCUT2D eigenvalue weighted by molar-refractivity contribution is 8.16. The van der Waals surface area contributed by atoms with Gasteiger partial charge in [-0.3, -0.25) is 0 Å². The predicted molar refractivity (Wildman–Crippen MR) is 102 cm³/mol. The minimum absolute atomic E-state index is 0.456. The van der Waals surface area contributed by atoms with Crippen molar-refractivity contribution in [3.63, 3.8) is 0 Å². The number of rotatable bonds is 4. The molecular weight excluding hydrogens is 320 g/mol. The molecule has 1 aliphatic heterocycles. The lowest BCUT2D eigenvalue weighted by Gasteiger charge is -2.37. The Bertz CT molecular complexity index is 510. The van der Waals surface area contributed by atoms with Crippen molar-refractivity contribution in [2.45, 2.75) is 85.9 Å². The van der Waals surface area contributed by atoms with Gasteiger partial charge in [-0.05, 0) is 49.8 Å². The van der Waals surface area contributed by atoms with Gasteiger partial charge in [0.2, 0.25) is 0 Å². The highest BCUT2D eigenvalue weighted by Crippen LogP contribution is 2.50. The van der Waals surface area contributed by atoms with E-state index in [2.05, 4.69) is 29.2 Å². The number of nitrogens with zero attached hydrogens (tertiary/aromatic N) is 2. The summed E-state index contributed by atoms with van der Waals surface area (Å²) in [5, 5.41) is 0. The van der Waals surface area contributed by atoms with Crippen molar-refractivity contribution < 1.29 is 0 Å². The third-order valence-corrected chi connectivity index (χ3v) is 7.84. The van der Waals surface area contributed by atoms with Gasteiger partial charge in [0, 0.05) is 17.0 Å². The molecule has 0 N–H and O–H groups in total. The first-order valence-electron chi connectivity index (χ1n) is 9.32. The number of hydrogen-bond donors (Lipinski definition) is 0. The first kappa shape index (κ1) is 16.2. The zero-order valence-electron chi connectivity index (χ0n) is 13.8. The van der Waals surface area contributed by atoms with Crippen LogP contribution >= 0.6 is 23.7 Å². The number of para-hydroxylation sites is 1. The van der Waals surface area contributed by atoms with E-state index >= 15 is 0 Å². The molecule has 1 heterocycles. The first-order chi connectivity index (χ1) is 11.4. The van der Waals surface area contributed by atoms with Gasteiger partial charge >= 0.3 is 0 Å².